The van der Waals surface area contributed by atoms with Crippen molar-refractivity contribution in [3.05, 3.63) is 23.8 Å². The monoisotopic (exact) mass is 188 g/mol. The number of allylic oxidation sites excluding steroid dienone is 2. The lowest BCUT2D eigenvalue weighted by Crippen LogP contribution is -2.16. The van der Waals surface area contributed by atoms with Gasteiger partial charge in [0.2, 0.25) is 0 Å². The van der Waals surface area contributed by atoms with Crippen LogP contribution in [-0.4, -0.2) is 9.62 Å². The van der Waals surface area contributed by atoms with Crippen LogP contribution in [0.2, 0.25) is 0 Å². The Hall–Kier alpha value is -0.0800. The smallest absolute Gasteiger partial charge is 0.141 e. The normalized spacial score (nSPS) is 34.3. The van der Waals surface area contributed by atoms with E-state index < -0.39 is 4.51 Å². The Morgan fingerprint density at radius 3 is 2.78 bits per heavy atom. The van der Waals surface area contributed by atoms with Crippen molar-refractivity contribution in [2.24, 2.45) is 0 Å². The Labute approximate surface area is 63.2 Å². The van der Waals surface area contributed by atoms with Crippen LogP contribution in [0.15, 0.2) is 23.8 Å². The van der Waals surface area contributed by atoms with Crippen molar-refractivity contribution < 1.29 is 5.11 Å². The third kappa shape index (κ3) is 1.95. The minimum Gasteiger partial charge on any atom is -0.375 e. The zero-order chi connectivity index (χ0) is 6.91. The van der Waals surface area contributed by atoms with Crippen LogP contribution in [0.4, 0.5) is 0 Å². The number of hydrogen-bond acceptors (Lipinski definition) is 1. The maximum Gasteiger partial charge on any atom is 0.141 e. The van der Waals surface area contributed by atoms with Crippen molar-refractivity contribution in [3.63, 3.8) is 0 Å². The SMILES string of the molecule is CC1=CCC(O)(Br)C=C1. The van der Waals surface area contributed by atoms with Crippen molar-refractivity contribution in [1.82, 2.24) is 0 Å². The maximum atomic E-state index is 9.28. The summed E-state index contributed by atoms with van der Waals surface area (Å²) in [5.41, 5.74) is 1.21. The number of hydrogen-bond donors (Lipinski definition) is 1. The molecular weight excluding hydrogens is 180 g/mol. The Morgan fingerprint density at radius 2 is 2.44 bits per heavy atom. The summed E-state index contributed by atoms with van der Waals surface area (Å²) in [5, 5.41) is 9.28. The molecule has 0 bridgehead atoms. The number of aliphatic hydroxyl groups is 1. The molecule has 50 valence electrons. The molecule has 1 aliphatic carbocycles. The Morgan fingerprint density at radius 1 is 1.78 bits per heavy atom. The van der Waals surface area contributed by atoms with Gasteiger partial charge in [0.05, 0.1) is 0 Å². The van der Waals surface area contributed by atoms with Gasteiger partial charge in [0, 0.05) is 6.42 Å². The molecule has 0 amide bonds. The zero-order valence-electron chi connectivity index (χ0n) is 5.26. The van der Waals surface area contributed by atoms with Crippen molar-refractivity contribution in [2.45, 2.75) is 17.9 Å². The van der Waals surface area contributed by atoms with Crippen molar-refractivity contribution in [1.29, 1.82) is 0 Å². The summed E-state index contributed by atoms with van der Waals surface area (Å²) in [4.78, 5) is 0. The molecule has 1 aliphatic rings. The van der Waals surface area contributed by atoms with Gasteiger partial charge in [0.25, 0.3) is 0 Å². The lowest BCUT2D eigenvalue weighted by atomic mass is 10.1. The van der Waals surface area contributed by atoms with Crippen LogP contribution >= 0.6 is 15.9 Å². The summed E-state index contributed by atoms with van der Waals surface area (Å²) >= 11 is 3.14. The van der Waals surface area contributed by atoms with Crippen molar-refractivity contribution in [2.75, 3.05) is 0 Å². The predicted molar refractivity (Wildman–Crippen MR) is 41.4 cm³/mol. The van der Waals surface area contributed by atoms with Crippen LogP contribution in [0.3, 0.4) is 0 Å². The average molecular weight is 189 g/mol. The van der Waals surface area contributed by atoms with E-state index in [4.69, 9.17) is 0 Å². The molecule has 2 heteroatoms. The minimum atomic E-state index is -0.785. The molecule has 0 radical (unpaired) electrons. The summed E-state index contributed by atoms with van der Waals surface area (Å²) in [7, 11) is 0. The van der Waals surface area contributed by atoms with E-state index >= 15 is 0 Å². The largest absolute Gasteiger partial charge is 0.375 e. The van der Waals surface area contributed by atoms with Crippen molar-refractivity contribution >= 4 is 15.9 Å². The van der Waals surface area contributed by atoms with E-state index in [9.17, 15) is 5.11 Å². The molecular formula is C7H9BrO. The van der Waals surface area contributed by atoms with E-state index in [0.29, 0.717) is 6.42 Å². The van der Waals surface area contributed by atoms with Crippen LogP contribution in [0, 0.1) is 0 Å². The van der Waals surface area contributed by atoms with Gasteiger partial charge < -0.3 is 5.11 Å². The van der Waals surface area contributed by atoms with Crippen LogP contribution in [0.5, 0.6) is 0 Å². The summed E-state index contributed by atoms with van der Waals surface area (Å²) in [6.45, 7) is 2.01. The highest BCUT2D eigenvalue weighted by atomic mass is 79.9. The lowest BCUT2D eigenvalue weighted by Gasteiger charge is -2.17. The van der Waals surface area contributed by atoms with Crippen LogP contribution in [-0.2, 0) is 0 Å². The minimum absolute atomic E-state index is 0.662. The molecule has 0 saturated carbocycles. The number of alkyl halides is 1. The Bertz CT molecular complexity index is 168. The molecule has 0 aromatic rings. The summed E-state index contributed by atoms with van der Waals surface area (Å²) in [6, 6.07) is 0. The Balaban J connectivity index is 2.70. The Kier molecular flexibility index (Phi) is 1.78. The fourth-order valence-electron chi connectivity index (χ4n) is 0.699. The van der Waals surface area contributed by atoms with Crippen molar-refractivity contribution in [3.8, 4) is 0 Å². The molecule has 1 unspecified atom stereocenters. The molecule has 1 rings (SSSR count). The van der Waals surface area contributed by atoms with E-state index in [-0.39, 0.29) is 0 Å². The van der Waals surface area contributed by atoms with Crippen LogP contribution < -0.4 is 0 Å². The fourth-order valence-corrected chi connectivity index (χ4v) is 0.993. The molecule has 1 N–H and O–H groups in total. The van der Waals surface area contributed by atoms with Gasteiger partial charge in [-0.25, -0.2) is 0 Å². The topological polar surface area (TPSA) is 20.2 Å². The first kappa shape index (κ1) is 7.03. The fraction of sp³-hybridized carbons (Fsp3) is 0.429. The highest BCUT2D eigenvalue weighted by Crippen LogP contribution is 2.25. The van der Waals surface area contributed by atoms with E-state index in [1.807, 2.05) is 19.1 Å². The second-order valence-corrected chi connectivity index (χ2v) is 3.68. The predicted octanol–water partition coefficient (Wildman–Crippen LogP) is 1.98. The molecule has 9 heavy (non-hydrogen) atoms. The number of rotatable bonds is 0. The van der Waals surface area contributed by atoms with Gasteiger partial charge in [0.1, 0.15) is 4.51 Å². The van der Waals surface area contributed by atoms with E-state index in [2.05, 4.69) is 15.9 Å². The van der Waals surface area contributed by atoms with E-state index in [1.54, 1.807) is 6.08 Å². The van der Waals surface area contributed by atoms with E-state index in [1.165, 1.54) is 5.57 Å². The summed E-state index contributed by atoms with van der Waals surface area (Å²) < 4.78 is -0.785. The van der Waals surface area contributed by atoms with Gasteiger partial charge in [-0.1, -0.05) is 17.7 Å². The highest BCUT2D eigenvalue weighted by Gasteiger charge is 2.18. The molecule has 0 saturated heterocycles. The summed E-state index contributed by atoms with van der Waals surface area (Å²) in [6.07, 6.45) is 6.31. The molecule has 0 aromatic heterocycles. The van der Waals surface area contributed by atoms with Crippen LogP contribution in [0.1, 0.15) is 13.3 Å². The first-order chi connectivity index (χ1) is 4.10. The molecule has 1 nitrogen and oxygen atoms in total. The quantitative estimate of drug-likeness (QED) is 0.577. The standard InChI is InChI=1S/C7H9BrO/c1-6-2-4-7(8,9)5-3-6/h2-4,9H,5H2,1H3. The van der Waals surface area contributed by atoms with Gasteiger partial charge in [-0.05, 0) is 28.9 Å². The first-order valence-electron chi connectivity index (χ1n) is 2.87. The lowest BCUT2D eigenvalue weighted by molar-refractivity contribution is 0.197. The number of halogens is 1. The first-order valence-corrected chi connectivity index (χ1v) is 3.67. The van der Waals surface area contributed by atoms with Crippen LogP contribution in [0.25, 0.3) is 0 Å². The molecule has 1 atom stereocenters. The second-order valence-electron chi connectivity index (χ2n) is 2.30. The third-order valence-corrected chi connectivity index (χ3v) is 1.90. The second kappa shape index (κ2) is 2.27. The molecule has 0 aromatic carbocycles. The average Bonchev–Trinajstić information content (AvgIpc) is 1.78. The van der Waals surface area contributed by atoms with Gasteiger partial charge in [-0.3, -0.25) is 0 Å². The zero-order valence-corrected chi connectivity index (χ0v) is 6.85. The molecule has 0 fully saturated rings. The van der Waals surface area contributed by atoms with Gasteiger partial charge in [-0.15, -0.1) is 0 Å². The molecule has 0 heterocycles. The van der Waals surface area contributed by atoms with Gasteiger partial charge in [0.15, 0.2) is 0 Å². The molecule has 0 spiro atoms. The van der Waals surface area contributed by atoms with Gasteiger partial charge >= 0.3 is 0 Å². The van der Waals surface area contributed by atoms with E-state index in [0.717, 1.165) is 0 Å². The third-order valence-electron chi connectivity index (χ3n) is 1.31. The highest BCUT2D eigenvalue weighted by molar-refractivity contribution is 9.10. The summed E-state index contributed by atoms with van der Waals surface area (Å²) in [5.74, 6) is 0. The maximum absolute atomic E-state index is 9.28. The van der Waals surface area contributed by atoms with Gasteiger partial charge in [-0.2, -0.15) is 0 Å². The molecule has 0 aliphatic heterocycles.